The van der Waals surface area contributed by atoms with E-state index in [2.05, 4.69) is 36.5 Å². The second-order valence-electron chi connectivity index (χ2n) is 5.05. The Hall–Kier alpha value is -1.35. The fourth-order valence-corrected chi connectivity index (χ4v) is 2.16. The van der Waals surface area contributed by atoms with E-state index in [1.807, 2.05) is 0 Å². The van der Waals surface area contributed by atoms with Gasteiger partial charge in [-0.2, -0.15) is 0 Å². The number of benzene rings is 1. The van der Waals surface area contributed by atoms with E-state index in [1.165, 1.54) is 18.2 Å². The van der Waals surface area contributed by atoms with Crippen LogP contribution in [0.5, 0.6) is 0 Å². The van der Waals surface area contributed by atoms with Gasteiger partial charge in [-0.25, -0.2) is 0 Å². The van der Waals surface area contributed by atoms with Gasteiger partial charge in [-0.15, -0.1) is 0 Å². The maximum atomic E-state index is 11.6. The molecule has 1 aromatic carbocycles. The first-order chi connectivity index (χ1) is 8.70. The Morgan fingerprint density at radius 2 is 1.89 bits per heavy atom. The summed E-state index contributed by atoms with van der Waals surface area (Å²) >= 11 is 0. The highest BCUT2D eigenvalue weighted by atomic mass is 16.5. The summed E-state index contributed by atoms with van der Waals surface area (Å²) in [7, 11) is 1.46. The summed E-state index contributed by atoms with van der Waals surface area (Å²) in [6, 6.07) is 8.60. The van der Waals surface area contributed by atoms with E-state index >= 15 is 0 Å². The average molecular weight is 247 g/mol. The van der Waals surface area contributed by atoms with Crippen molar-refractivity contribution in [2.75, 3.05) is 13.7 Å². The summed E-state index contributed by atoms with van der Waals surface area (Å²) in [6.45, 7) is 3.68. The van der Waals surface area contributed by atoms with Crippen molar-refractivity contribution in [3.05, 3.63) is 35.4 Å². The Balaban J connectivity index is 1.80. The number of hydrogen-bond donors (Lipinski definition) is 1. The molecule has 0 heterocycles. The van der Waals surface area contributed by atoms with E-state index in [1.54, 1.807) is 0 Å². The first kappa shape index (κ1) is 13.1. The molecule has 3 heteroatoms. The predicted octanol–water partition coefficient (Wildman–Crippen LogP) is 2.29. The fourth-order valence-electron chi connectivity index (χ4n) is 2.16. The van der Waals surface area contributed by atoms with Crippen LogP contribution in [0.1, 0.15) is 30.9 Å². The van der Waals surface area contributed by atoms with Gasteiger partial charge in [0.15, 0.2) is 0 Å². The smallest absolute Gasteiger partial charge is 0.313 e. The van der Waals surface area contributed by atoms with Crippen LogP contribution in [-0.4, -0.2) is 19.6 Å². The lowest BCUT2D eigenvalue weighted by Crippen LogP contribution is -2.30. The molecule has 0 spiro atoms. The van der Waals surface area contributed by atoms with Crippen molar-refractivity contribution >= 4 is 5.97 Å². The second-order valence-corrected chi connectivity index (χ2v) is 5.05. The van der Waals surface area contributed by atoms with Gasteiger partial charge in [0.2, 0.25) is 0 Å². The number of nitrogens with one attached hydrogen (secondary N) is 1. The highest BCUT2D eigenvalue weighted by Gasteiger charge is 2.50. The molecule has 0 saturated heterocycles. The van der Waals surface area contributed by atoms with Crippen molar-refractivity contribution in [2.24, 2.45) is 5.41 Å². The van der Waals surface area contributed by atoms with E-state index in [0.29, 0.717) is 0 Å². The number of hydrogen-bond acceptors (Lipinski definition) is 3. The minimum Gasteiger partial charge on any atom is -0.469 e. The molecular formula is C15H21NO2. The molecule has 1 aliphatic rings. The van der Waals surface area contributed by atoms with Crippen LogP contribution >= 0.6 is 0 Å². The van der Waals surface area contributed by atoms with Gasteiger partial charge in [0.05, 0.1) is 12.5 Å². The first-order valence-corrected chi connectivity index (χ1v) is 6.57. The summed E-state index contributed by atoms with van der Waals surface area (Å²) in [6.07, 6.45) is 2.96. The minimum absolute atomic E-state index is 0.0728. The van der Waals surface area contributed by atoms with Gasteiger partial charge in [0.25, 0.3) is 0 Å². The molecular weight excluding hydrogens is 226 g/mol. The molecule has 0 bridgehead atoms. The maximum Gasteiger partial charge on any atom is 0.313 e. The molecule has 0 aromatic heterocycles. The lowest BCUT2D eigenvalue weighted by molar-refractivity contribution is -0.146. The predicted molar refractivity (Wildman–Crippen MR) is 71.2 cm³/mol. The van der Waals surface area contributed by atoms with Crippen LogP contribution in [0.4, 0.5) is 0 Å². The zero-order valence-electron chi connectivity index (χ0n) is 11.2. The quantitative estimate of drug-likeness (QED) is 0.784. The van der Waals surface area contributed by atoms with Crippen LogP contribution in [-0.2, 0) is 22.5 Å². The van der Waals surface area contributed by atoms with Crippen molar-refractivity contribution < 1.29 is 9.53 Å². The van der Waals surface area contributed by atoms with Crippen LogP contribution in [0.3, 0.4) is 0 Å². The summed E-state index contributed by atoms with van der Waals surface area (Å²) in [5.74, 6) is -0.0728. The maximum absolute atomic E-state index is 11.6. The van der Waals surface area contributed by atoms with Gasteiger partial charge in [-0.05, 0) is 30.4 Å². The largest absolute Gasteiger partial charge is 0.469 e. The normalized spacial score (nSPS) is 16.3. The molecule has 0 amide bonds. The number of esters is 1. The van der Waals surface area contributed by atoms with Gasteiger partial charge in [0.1, 0.15) is 0 Å². The molecule has 1 aliphatic carbocycles. The molecule has 98 valence electrons. The van der Waals surface area contributed by atoms with Crippen molar-refractivity contribution in [3.63, 3.8) is 0 Å². The van der Waals surface area contributed by atoms with Crippen molar-refractivity contribution in [3.8, 4) is 0 Å². The van der Waals surface area contributed by atoms with Crippen LogP contribution in [0.25, 0.3) is 0 Å². The topological polar surface area (TPSA) is 38.3 Å². The van der Waals surface area contributed by atoms with E-state index < -0.39 is 0 Å². The standard InChI is InChI=1S/C15H21NO2/c1-3-12-4-6-13(7-5-12)10-16-11-15(8-9-15)14(17)18-2/h4-7,16H,3,8-11H2,1-2H3. The monoisotopic (exact) mass is 247 g/mol. The summed E-state index contributed by atoms with van der Waals surface area (Å²) in [4.78, 5) is 11.6. The Kier molecular flexibility index (Phi) is 4.02. The van der Waals surface area contributed by atoms with Gasteiger partial charge in [0, 0.05) is 13.1 Å². The van der Waals surface area contributed by atoms with Crippen molar-refractivity contribution in [1.29, 1.82) is 0 Å². The average Bonchev–Trinajstić information content (AvgIpc) is 3.20. The molecule has 2 rings (SSSR count). The fraction of sp³-hybridized carbons (Fsp3) is 0.533. The number of carbonyl (C=O) groups excluding carboxylic acids is 1. The van der Waals surface area contributed by atoms with E-state index in [0.717, 1.165) is 32.4 Å². The third kappa shape index (κ3) is 2.91. The number of rotatable bonds is 6. The number of carbonyl (C=O) groups is 1. The molecule has 1 fully saturated rings. The third-order valence-electron chi connectivity index (χ3n) is 3.70. The molecule has 1 N–H and O–H groups in total. The second kappa shape index (κ2) is 5.53. The highest BCUT2D eigenvalue weighted by molar-refractivity contribution is 5.80. The molecule has 18 heavy (non-hydrogen) atoms. The number of ether oxygens (including phenoxy) is 1. The summed E-state index contributed by atoms with van der Waals surface area (Å²) in [5.41, 5.74) is 2.37. The van der Waals surface area contributed by atoms with Gasteiger partial charge in [-0.1, -0.05) is 31.2 Å². The Labute approximate surface area is 109 Å². The lowest BCUT2D eigenvalue weighted by Gasteiger charge is -2.13. The Morgan fingerprint density at radius 3 is 2.39 bits per heavy atom. The summed E-state index contributed by atoms with van der Waals surface area (Å²) < 4.78 is 4.83. The van der Waals surface area contributed by atoms with Gasteiger partial charge < -0.3 is 10.1 Å². The van der Waals surface area contributed by atoms with Crippen LogP contribution in [0.2, 0.25) is 0 Å². The van der Waals surface area contributed by atoms with Gasteiger partial charge in [-0.3, -0.25) is 4.79 Å². The van der Waals surface area contributed by atoms with Crippen molar-refractivity contribution in [1.82, 2.24) is 5.32 Å². The van der Waals surface area contributed by atoms with Crippen LogP contribution in [0, 0.1) is 5.41 Å². The molecule has 0 unspecified atom stereocenters. The molecule has 0 aliphatic heterocycles. The van der Waals surface area contributed by atoms with Crippen LogP contribution in [0.15, 0.2) is 24.3 Å². The zero-order chi connectivity index (χ0) is 13.0. The highest BCUT2D eigenvalue weighted by Crippen LogP contribution is 2.46. The SMILES string of the molecule is CCc1ccc(CNCC2(C(=O)OC)CC2)cc1. The molecule has 1 aromatic rings. The molecule has 3 nitrogen and oxygen atoms in total. The molecule has 1 saturated carbocycles. The van der Waals surface area contributed by atoms with Gasteiger partial charge >= 0.3 is 5.97 Å². The van der Waals surface area contributed by atoms with Crippen molar-refractivity contribution in [2.45, 2.75) is 32.7 Å². The van der Waals surface area contributed by atoms with E-state index in [4.69, 9.17) is 4.74 Å². The van der Waals surface area contributed by atoms with E-state index in [-0.39, 0.29) is 11.4 Å². The number of aryl methyl sites for hydroxylation is 1. The van der Waals surface area contributed by atoms with Crippen LogP contribution < -0.4 is 5.32 Å². The molecule has 0 atom stereocenters. The Morgan fingerprint density at radius 1 is 1.28 bits per heavy atom. The Bertz CT molecular complexity index is 407. The number of methoxy groups -OCH3 is 1. The first-order valence-electron chi connectivity index (χ1n) is 6.57. The zero-order valence-corrected chi connectivity index (χ0v) is 11.2. The third-order valence-corrected chi connectivity index (χ3v) is 3.70. The lowest BCUT2D eigenvalue weighted by atomic mass is 10.1. The molecule has 0 radical (unpaired) electrons. The van der Waals surface area contributed by atoms with E-state index in [9.17, 15) is 4.79 Å². The minimum atomic E-state index is -0.238. The summed E-state index contributed by atoms with van der Waals surface area (Å²) in [5, 5.41) is 3.36.